The molecule has 2 N–H and O–H groups in total. The fourth-order valence-corrected chi connectivity index (χ4v) is 2.08. The molecule has 3 nitrogen and oxygen atoms in total. The summed E-state index contributed by atoms with van der Waals surface area (Å²) in [5.74, 6) is -0.136. The smallest absolute Gasteiger partial charge is 0.209 e. The van der Waals surface area contributed by atoms with Crippen molar-refractivity contribution in [3.8, 4) is 0 Å². The fraction of sp³-hybridized carbons (Fsp3) is 0. The van der Waals surface area contributed by atoms with Crippen molar-refractivity contribution >= 4 is 17.2 Å². The lowest BCUT2D eigenvalue weighted by Gasteiger charge is -2.14. The van der Waals surface area contributed by atoms with Gasteiger partial charge in [0, 0.05) is 11.1 Å². The lowest BCUT2D eigenvalue weighted by molar-refractivity contribution is 0.103. The van der Waals surface area contributed by atoms with E-state index in [-0.39, 0.29) is 11.5 Å². The Balaban J connectivity index is 2.17. The number of hydrogen-bond acceptors (Lipinski definition) is 3. The Kier molecular flexibility index (Phi) is 2.72. The first-order valence-corrected chi connectivity index (χ1v) is 6.01. The van der Waals surface area contributed by atoms with E-state index < -0.39 is 0 Å². The molecule has 3 heteroatoms. The molecule has 1 aliphatic rings. The van der Waals surface area contributed by atoms with Crippen LogP contribution in [0.15, 0.2) is 71.4 Å². The Morgan fingerprint density at radius 1 is 0.842 bits per heavy atom. The van der Waals surface area contributed by atoms with Gasteiger partial charge in [-0.3, -0.25) is 4.79 Å². The van der Waals surface area contributed by atoms with Gasteiger partial charge in [0.05, 0.1) is 17.1 Å². The highest BCUT2D eigenvalue weighted by Gasteiger charge is 2.21. The van der Waals surface area contributed by atoms with Crippen molar-refractivity contribution in [2.75, 3.05) is 0 Å². The van der Waals surface area contributed by atoms with Gasteiger partial charge in [0.2, 0.25) is 5.78 Å². The van der Waals surface area contributed by atoms with Gasteiger partial charge in [-0.2, -0.15) is 0 Å². The maximum absolute atomic E-state index is 12.0. The maximum Gasteiger partial charge on any atom is 0.209 e. The van der Waals surface area contributed by atoms with E-state index in [4.69, 9.17) is 5.73 Å². The van der Waals surface area contributed by atoms with Crippen molar-refractivity contribution in [2.45, 2.75) is 0 Å². The minimum atomic E-state index is -0.136. The van der Waals surface area contributed by atoms with Crippen molar-refractivity contribution in [1.82, 2.24) is 0 Å². The van der Waals surface area contributed by atoms with E-state index in [1.807, 2.05) is 48.5 Å². The van der Waals surface area contributed by atoms with Gasteiger partial charge >= 0.3 is 0 Å². The van der Waals surface area contributed by atoms with Crippen molar-refractivity contribution in [3.63, 3.8) is 0 Å². The van der Waals surface area contributed by atoms with E-state index in [1.165, 1.54) is 0 Å². The highest BCUT2D eigenvalue weighted by atomic mass is 16.1. The second-order valence-corrected chi connectivity index (χ2v) is 4.31. The molecule has 0 saturated carbocycles. The second-order valence-electron chi connectivity index (χ2n) is 4.31. The number of carbonyl (C=O) groups is 1. The number of aliphatic imine (C=N–C) groups is 1. The molecule has 0 bridgehead atoms. The summed E-state index contributed by atoms with van der Waals surface area (Å²) in [6.07, 6.45) is 1.64. The van der Waals surface area contributed by atoms with Gasteiger partial charge in [-0.25, -0.2) is 4.99 Å². The minimum Gasteiger partial charge on any atom is -0.395 e. The molecule has 0 radical (unpaired) electrons. The number of para-hydroxylation sites is 1. The molecule has 2 aromatic carbocycles. The third kappa shape index (κ3) is 2.06. The van der Waals surface area contributed by atoms with Crippen LogP contribution in [-0.2, 0) is 0 Å². The van der Waals surface area contributed by atoms with Gasteiger partial charge in [-0.15, -0.1) is 0 Å². The number of benzene rings is 2. The second kappa shape index (κ2) is 4.53. The predicted octanol–water partition coefficient (Wildman–Crippen LogP) is 2.85. The van der Waals surface area contributed by atoms with Crippen molar-refractivity contribution in [2.24, 2.45) is 10.7 Å². The molecule has 2 aromatic rings. The molecule has 0 amide bonds. The van der Waals surface area contributed by atoms with Crippen LogP contribution in [0.3, 0.4) is 0 Å². The van der Waals surface area contributed by atoms with E-state index in [9.17, 15) is 4.79 Å². The Hall–Kier alpha value is -2.68. The maximum atomic E-state index is 12.0. The summed E-state index contributed by atoms with van der Waals surface area (Å²) in [6.45, 7) is 0. The van der Waals surface area contributed by atoms with Crippen LogP contribution in [0.1, 0.15) is 15.9 Å². The van der Waals surface area contributed by atoms with Crippen LogP contribution in [0.5, 0.6) is 0 Å². The summed E-state index contributed by atoms with van der Waals surface area (Å²) in [5.41, 5.74) is 8.99. The van der Waals surface area contributed by atoms with Crippen molar-refractivity contribution in [3.05, 3.63) is 77.5 Å². The van der Waals surface area contributed by atoms with Crippen LogP contribution >= 0.6 is 0 Å². The third-order valence-corrected chi connectivity index (χ3v) is 3.01. The number of Topliss-reactive ketones (excluding diaryl/α,β-unsaturated/α-hetero) is 1. The largest absolute Gasteiger partial charge is 0.395 e. The zero-order chi connectivity index (χ0) is 13.2. The minimum absolute atomic E-state index is 0.136. The summed E-state index contributed by atoms with van der Waals surface area (Å²) in [4.78, 5) is 16.5. The monoisotopic (exact) mass is 248 g/mol. The highest BCUT2D eigenvalue weighted by molar-refractivity contribution is 6.26. The Morgan fingerprint density at radius 3 is 2.21 bits per heavy atom. The molecule has 0 aliphatic heterocycles. The number of allylic oxidation sites excluding steroid dienone is 2. The van der Waals surface area contributed by atoms with Crippen molar-refractivity contribution in [1.29, 1.82) is 0 Å². The van der Waals surface area contributed by atoms with E-state index in [2.05, 4.69) is 4.99 Å². The molecular weight excluding hydrogens is 236 g/mol. The predicted molar refractivity (Wildman–Crippen MR) is 75.7 cm³/mol. The molecule has 0 fully saturated rings. The number of rotatable bonds is 1. The lowest BCUT2D eigenvalue weighted by atomic mass is 9.92. The third-order valence-electron chi connectivity index (χ3n) is 3.01. The number of ketones is 1. The van der Waals surface area contributed by atoms with Crippen LogP contribution in [0.4, 0.5) is 5.69 Å². The average Bonchev–Trinajstić information content (AvgIpc) is 2.46. The Labute approximate surface area is 111 Å². The van der Waals surface area contributed by atoms with Crippen LogP contribution in [-0.4, -0.2) is 11.5 Å². The van der Waals surface area contributed by atoms with Crippen LogP contribution in [0, 0.1) is 0 Å². The molecule has 0 atom stereocenters. The molecule has 1 aliphatic carbocycles. The average molecular weight is 248 g/mol. The van der Waals surface area contributed by atoms with Crippen molar-refractivity contribution < 1.29 is 4.79 Å². The lowest BCUT2D eigenvalue weighted by Crippen LogP contribution is -2.21. The molecule has 3 rings (SSSR count). The number of hydrogen-bond donors (Lipinski definition) is 1. The number of carbonyl (C=O) groups excluding carboxylic acids is 1. The molecule has 0 unspecified atom stereocenters. The van der Waals surface area contributed by atoms with E-state index in [0.29, 0.717) is 5.56 Å². The molecule has 19 heavy (non-hydrogen) atoms. The normalized spacial score (nSPS) is 16.1. The molecular formula is C16H12N2O. The summed E-state index contributed by atoms with van der Waals surface area (Å²) >= 11 is 0. The van der Waals surface area contributed by atoms with Gasteiger partial charge < -0.3 is 5.73 Å². The first-order valence-electron chi connectivity index (χ1n) is 6.01. The molecule has 0 aromatic heterocycles. The Bertz CT molecular complexity index is 700. The number of nitrogens with zero attached hydrogens (tertiary/aromatic N) is 1. The van der Waals surface area contributed by atoms with Gasteiger partial charge in [0.1, 0.15) is 0 Å². The molecule has 0 heterocycles. The molecule has 0 spiro atoms. The van der Waals surface area contributed by atoms with Gasteiger partial charge in [0.25, 0.3) is 0 Å². The summed E-state index contributed by atoms with van der Waals surface area (Å²) in [5, 5.41) is 0. The summed E-state index contributed by atoms with van der Waals surface area (Å²) in [7, 11) is 0. The number of nitrogens with two attached hydrogens (primary N) is 1. The number of fused-ring (bicyclic) bond motifs is 1. The molecule has 0 saturated heterocycles. The van der Waals surface area contributed by atoms with Gasteiger partial charge in [-0.05, 0) is 18.2 Å². The quantitative estimate of drug-likeness (QED) is 0.843. The topological polar surface area (TPSA) is 55.4 Å². The van der Waals surface area contributed by atoms with E-state index in [0.717, 1.165) is 17.0 Å². The van der Waals surface area contributed by atoms with Crippen LogP contribution in [0.25, 0.3) is 0 Å². The SMILES string of the molecule is NC1=CC(=Nc2ccccc2)c2ccccc2C1=O. The van der Waals surface area contributed by atoms with Gasteiger partial charge in [-0.1, -0.05) is 42.5 Å². The van der Waals surface area contributed by atoms with Crippen LogP contribution in [0.2, 0.25) is 0 Å². The van der Waals surface area contributed by atoms with E-state index in [1.54, 1.807) is 12.1 Å². The zero-order valence-electron chi connectivity index (χ0n) is 10.2. The first-order chi connectivity index (χ1) is 9.25. The summed E-state index contributed by atoms with van der Waals surface area (Å²) < 4.78 is 0. The first kappa shape index (κ1) is 11.4. The van der Waals surface area contributed by atoms with Crippen LogP contribution < -0.4 is 5.73 Å². The molecule has 92 valence electrons. The van der Waals surface area contributed by atoms with E-state index >= 15 is 0 Å². The summed E-state index contributed by atoms with van der Waals surface area (Å²) in [6, 6.07) is 17.0. The Morgan fingerprint density at radius 2 is 1.47 bits per heavy atom. The zero-order valence-corrected chi connectivity index (χ0v) is 10.2. The fourth-order valence-electron chi connectivity index (χ4n) is 2.08. The van der Waals surface area contributed by atoms with Gasteiger partial charge in [0.15, 0.2) is 0 Å². The highest BCUT2D eigenvalue weighted by Crippen LogP contribution is 2.22. The standard InChI is InChI=1S/C16H12N2O/c17-14-10-15(18-11-6-2-1-3-7-11)12-8-4-5-9-13(12)16(14)19/h1-10H,17H2.